The Morgan fingerprint density at radius 1 is 0.932 bits per heavy atom. The van der Waals surface area contributed by atoms with E-state index in [0.717, 1.165) is 38.8 Å². The topological polar surface area (TPSA) is 60.1 Å². The third-order valence-corrected chi connectivity index (χ3v) is 9.06. The average Bonchev–Trinajstić information content (AvgIpc) is 3.57. The zero-order valence-electron chi connectivity index (χ0n) is 27.1. The minimum atomic E-state index is -4.50. The van der Waals surface area contributed by atoms with Gasteiger partial charge in [-0.1, -0.05) is 46.8 Å². The molecular formula is C34H50F3N5O2. The van der Waals surface area contributed by atoms with Gasteiger partial charge in [0, 0.05) is 69.7 Å². The fraction of sp³-hybridized carbons (Fsp3) is 0.618. The summed E-state index contributed by atoms with van der Waals surface area (Å²) in [5, 5.41) is 3.23. The Balaban J connectivity index is 0.00000216. The minimum absolute atomic E-state index is 0.0157. The molecule has 0 bridgehead atoms. The maximum Gasteiger partial charge on any atom is 0.418 e. The van der Waals surface area contributed by atoms with Gasteiger partial charge in [-0.05, 0) is 66.0 Å². The van der Waals surface area contributed by atoms with Crippen LogP contribution in [0, 0.1) is 11.8 Å². The monoisotopic (exact) mass is 617 g/mol. The minimum Gasteiger partial charge on any atom is -0.382 e. The average molecular weight is 618 g/mol. The van der Waals surface area contributed by atoms with Gasteiger partial charge in [-0.3, -0.25) is 15.1 Å². The van der Waals surface area contributed by atoms with E-state index in [1.807, 2.05) is 18.7 Å². The molecule has 2 aromatic carbocycles. The van der Waals surface area contributed by atoms with Crippen LogP contribution < -0.4 is 15.7 Å². The standard InChI is InChI=1S/C32H44F3N5O2.C2H6/c1-31(2,3)24-5-8-27(9-6-24)40-20-22-18-38(19-23(22)21-40)14-13-30(41)39-15-11-25(12-16-39)36-26-7-10-29(37-42-4)28(17-26)32(33,34)35;1-2/h5-10,17,22-23,25,36-37H,11-16,18-21H2,1-4H3;1-2H3. The van der Waals surface area contributed by atoms with E-state index in [1.54, 1.807) is 6.07 Å². The number of carbonyl (C=O) groups excluding carboxylic acids is 1. The summed E-state index contributed by atoms with van der Waals surface area (Å²) < 4.78 is 40.4. The van der Waals surface area contributed by atoms with Crippen molar-refractivity contribution >= 4 is 23.0 Å². The SMILES string of the molecule is CC.CONc1ccc(NC2CCN(C(=O)CCN3CC4CN(c5ccc(C(C)(C)C)cc5)CC4C3)CC2)cc1C(F)(F)F. The number of hydrogen-bond donors (Lipinski definition) is 2. The first-order chi connectivity index (χ1) is 20.9. The van der Waals surface area contributed by atoms with Crippen LogP contribution in [0.5, 0.6) is 0 Å². The van der Waals surface area contributed by atoms with Gasteiger partial charge in [-0.25, -0.2) is 0 Å². The van der Waals surface area contributed by atoms with E-state index in [0.29, 0.717) is 49.9 Å². The number of nitrogens with zero attached hydrogens (tertiary/aromatic N) is 3. The van der Waals surface area contributed by atoms with Crippen LogP contribution in [0.2, 0.25) is 0 Å². The van der Waals surface area contributed by atoms with Gasteiger partial charge in [0.2, 0.25) is 5.91 Å². The number of hydrogen-bond acceptors (Lipinski definition) is 6. The maximum atomic E-state index is 13.5. The zero-order valence-corrected chi connectivity index (χ0v) is 27.1. The number of amides is 1. The highest BCUT2D eigenvalue weighted by Crippen LogP contribution is 2.37. The van der Waals surface area contributed by atoms with E-state index in [2.05, 4.69) is 70.5 Å². The van der Waals surface area contributed by atoms with Crippen molar-refractivity contribution in [1.29, 1.82) is 0 Å². The quantitative estimate of drug-likeness (QED) is 0.316. The molecule has 0 aromatic heterocycles. The third-order valence-electron chi connectivity index (χ3n) is 9.06. The number of fused-ring (bicyclic) bond motifs is 1. The first-order valence-corrected chi connectivity index (χ1v) is 16.0. The third kappa shape index (κ3) is 8.38. The van der Waals surface area contributed by atoms with Gasteiger partial charge in [0.25, 0.3) is 0 Å². The molecule has 3 aliphatic rings. The van der Waals surface area contributed by atoms with E-state index in [1.165, 1.54) is 24.4 Å². The number of nitrogens with one attached hydrogen (secondary N) is 2. The summed E-state index contributed by atoms with van der Waals surface area (Å²) in [6.07, 6.45) is -2.59. The van der Waals surface area contributed by atoms with Gasteiger partial charge < -0.3 is 20.0 Å². The Bertz CT molecular complexity index is 1210. The molecule has 3 fully saturated rings. The highest BCUT2D eigenvalue weighted by molar-refractivity contribution is 5.76. The van der Waals surface area contributed by atoms with Crippen molar-refractivity contribution in [2.75, 3.05) is 68.6 Å². The molecule has 0 radical (unpaired) electrons. The van der Waals surface area contributed by atoms with Crippen LogP contribution in [0.3, 0.4) is 0 Å². The Labute approximate surface area is 261 Å². The summed E-state index contributed by atoms with van der Waals surface area (Å²) >= 11 is 0. The number of rotatable bonds is 8. The van der Waals surface area contributed by atoms with Crippen molar-refractivity contribution in [1.82, 2.24) is 9.80 Å². The molecule has 3 heterocycles. The number of halogens is 3. The Kier molecular flexibility index (Phi) is 11.1. The lowest BCUT2D eigenvalue weighted by atomic mass is 9.87. The van der Waals surface area contributed by atoms with Gasteiger partial charge in [0.1, 0.15) is 0 Å². The molecule has 7 nitrogen and oxygen atoms in total. The van der Waals surface area contributed by atoms with Crippen LogP contribution in [-0.2, 0) is 21.2 Å². The Morgan fingerprint density at radius 2 is 1.55 bits per heavy atom. The van der Waals surface area contributed by atoms with Crippen molar-refractivity contribution in [3.05, 3.63) is 53.6 Å². The lowest BCUT2D eigenvalue weighted by Crippen LogP contribution is -2.43. The maximum absolute atomic E-state index is 13.5. The number of likely N-dealkylation sites (tertiary alicyclic amines) is 2. The highest BCUT2D eigenvalue weighted by Gasteiger charge is 2.40. The molecule has 2 atom stereocenters. The first kappa shape index (κ1) is 33.9. The lowest BCUT2D eigenvalue weighted by Gasteiger charge is -2.33. The molecule has 0 aliphatic carbocycles. The van der Waals surface area contributed by atoms with Crippen molar-refractivity contribution < 1.29 is 22.8 Å². The second-order valence-electron chi connectivity index (χ2n) is 13.1. The summed E-state index contributed by atoms with van der Waals surface area (Å²) in [5.74, 6) is 1.45. The van der Waals surface area contributed by atoms with Crippen LogP contribution in [0.15, 0.2) is 42.5 Å². The van der Waals surface area contributed by atoms with Crippen molar-refractivity contribution in [2.24, 2.45) is 11.8 Å². The number of benzene rings is 2. The van der Waals surface area contributed by atoms with Crippen LogP contribution in [0.4, 0.5) is 30.2 Å². The summed E-state index contributed by atoms with van der Waals surface area (Å²) in [5.41, 5.74) is 4.61. The van der Waals surface area contributed by atoms with Gasteiger partial charge in [-0.2, -0.15) is 13.2 Å². The zero-order chi connectivity index (χ0) is 32.1. The molecule has 0 spiro atoms. The predicted molar refractivity (Wildman–Crippen MR) is 172 cm³/mol. The number of anilines is 3. The Hall–Kier alpha value is -2.98. The number of carbonyl (C=O) groups is 1. The van der Waals surface area contributed by atoms with Gasteiger partial charge in [0.15, 0.2) is 0 Å². The summed E-state index contributed by atoms with van der Waals surface area (Å²) in [4.78, 5) is 24.5. The second kappa shape index (κ2) is 14.4. The summed E-state index contributed by atoms with van der Waals surface area (Å²) in [6, 6.07) is 13.1. The highest BCUT2D eigenvalue weighted by atomic mass is 19.4. The molecule has 1 amide bonds. The molecule has 44 heavy (non-hydrogen) atoms. The predicted octanol–water partition coefficient (Wildman–Crippen LogP) is 6.86. The van der Waals surface area contributed by atoms with Gasteiger partial charge in [0.05, 0.1) is 18.4 Å². The van der Waals surface area contributed by atoms with Crippen molar-refractivity contribution in [2.45, 2.75) is 71.5 Å². The van der Waals surface area contributed by atoms with Crippen LogP contribution in [0.1, 0.15) is 65.0 Å². The van der Waals surface area contributed by atoms with E-state index in [-0.39, 0.29) is 23.1 Å². The fourth-order valence-corrected chi connectivity index (χ4v) is 6.64. The molecular weight excluding hydrogens is 567 g/mol. The molecule has 2 N–H and O–H groups in total. The van der Waals surface area contributed by atoms with Crippen LogP contribution >= 0.6 is 0 Å². The molecule has 10 heteroatoms. The largest absolute Gasteiger partial charge is 0.418 e. The van der Waals surface area contributed by atoms with E-state index < -0.39 is 11.7 Å². The molecule has 2 unspecified atom stereocenters. The molecule has 3 aliphatic heterocycles. The summed E-state index contributed by atoms with van der Waals surface area (Å²) in [7, 11) is 1.28. The van der Waals surface area contributed by atoms with E-state index in [9.17, 15) is 18.0 Å². The fourth-order valence-electron chi connectivity index (χ4n) is 6.64. The van der Waals surface area contributed by atoms with Crippen molar-refractivity contribution in [3.8, 4) is 0 Å². The Morgan fingerprint density at radius 3 is 2.09 bits per heavy atom. The van der Waals surface area contributed by atoms with E-state index >= 15 is 0 Å². The first-order valence-electron chi connectivity index (χ1n) is 16.0. The lowest BCUT2D eigenvalue weighted by molar-refractivity contribution is -0.137. The molecule has 2 aromatic rings. The van der Waals surface area contributed by atoms with E-state index in [4.69, 9.17) is 0 Å². The molecule has 244 valence electrons. The number of piperidine rings is 1. The number of alkyl halides is 3. The normalized spacial score (nSPS) is 21.1. The smallest absolute Gasteiger partial charge is 0.382 e. The summed E-state index contributed by atoms with van der Waals surface area (Å²) in [6.45, 7) is 16.9. The molecule has 5 rings (SSSR count). The van der Waals surface area contributed by atoms with Crippen molar-refractivity contribution in [3.63, 3.8) is 0 Å². The molecule has 3 saturated heterocycles. The molecule has 0 saturated carbocycles. The van der Waals surface area contributed by atoms with Crippen LogP contribution in [0.25, 0.3) is 0 Å². The van der Waals surface area contributed by atoms with Crippen LogP contribution in [-0.4, -0.2) is 74.7 Å². The second-order valence-corrected chi connectivity index (χ2v) is 13.1. The van der Waals surface area contributed by atoms with Gasteiger partial charge in [-0.15, -0.1) is 0 Å². The van der Waals surface area contributed by atoms with Gasteiger partial charge >= 0.3 is 6.18 Å².